The molecule has 0 aliphatic rings. The lowest BCUT2D eigenvalue weighted by Gasteiger charge is -2.16. The molecule has 0 heterocycles. The van der Waals surface area contributed by atoms with E-state index in [1.54, 1.807) is 24.3 Å². The zero-order valence-electron chi connectivity index (χ0n) is 14.6. The molecule has 0 amide bonds. The number of benzene rings is 2. The van der Waals surface area contributed by atoms with Gasteiger partial charge in [-0.25, -0.2) is 0 Å². The number of nitrogens with zero attached hydrogens (tertiary/aromatic N) is 1. The summed E-state index contributed by atoms with van der Waals surface area (Å²) in [6.07, 6.45) is 0. The van der Waals surface area contributed by atoms with E-state index in [0.717, 1.165) is 11.1 Å². The van der Waals surface area contributed by atoms with Crippen molar-refractivity contribution in [1.82, 2.24) is 4.83 Å². The predicted molar refractivity (Wildman–Crippen MR) is 100 cm³/mol. The molecule has 2 aromatic carbocycles. The molecule has 0 aliphatic carbocycles. The highest BCUT2D eigenvalue weighted by molar-refractivity contribution is 7.89. The van der Waals surface area contributed by atoms with Gasteiger partial charge >= 0.3 is 0 Å². The summed E-state index contributed by atoms with van der Waals surface area (Å²) < 4.78 is 42.9. The Bertz CT molecular complexity index is 920. The largest absolute Gasteiger partial charge is 0.325 e. The molecule has 1 atom stereocenters. The van der Waals surface area contributed by atoms with E-state index in [1.807, 2.05) is 26.0 Å². The van der Waals surface area contributed by atoms with Crippen molar-refractivity contribution < 1.29 is 17.5 Å². The lowest BCUT2D eigenvalue weighted by atomic mass is 10.2. The van der Waals surface area contributed by atoms with Crippen LogP contribution in [0.15, 0.2) is 58.5 Å². The summed E-state index contributed by atoms with van der Waals surface area (Å²) in [5, 5.41) is 4.28. The van der Waals surface area contributed by atoms with Crippen LogP contribution in [0.2, 0.25) is 0 Å². The molecule has 0 spiro atoms. The quantitative estimate of drug-likeness (QED) is 0.474. The number of aryl methyl sites for hydroxylation is 2. The maximum Gasteiger partial charge on any atom is 0.276 e. The molecule has 0 radical (unpaired) electrons. The Morgan fingerprint density at radius 3 is 1.96 bits per heavy atom. The van der Waals surface area contributed by atoms with Crippen LogP contribution in [0.5, 0.6) is 0 Å². The van der Waals surface area contributed by atoms with Crippen LogP contribution in [0.4, 0.5) is 0 Å². The van der Waals surface area contributed by atoms with Crippen molar-refractivity contribution >= 4 is 28.1 Å². The van der Waals surface area contributed by atoms with Gasteiger partial charge in [0.1, 0.15) is 5.45 Å². The average molecular weight is 380 g/mol. The van der Waals surface area contributed by atoms with Crippen molar-refractivity contribution in [2.24, 2.45) is 5.10 Å². The maximum atomic E-state index is 13.1. The van der Waals surface area contributed by atoms with Gasteiger partial charge in [0.25, 0.3) is 17.4 Å². The fourth-order valence-electron chi connectivity index (χ4n) is 2.13. The number of nitrogens with one attached hydrogen (secondary N) is 1. The molecule has 0 aromatic heterocycles. The highest BCUT2D eigenvalue weighted by atomic mass is 32.2. The molecule has 1 N–H and O–H groups in total. The van der Waals surface area contributed by atoms with E-state index in [4.69, 9.17) is 4.52 Å². The van der Waals surface area contributed by atoms with Crippen molar-refractivity contribution in [3.05, 3.63) is 59.7 Å². The minimum absolute atomic E-state index is 0.0644. The number of hydrazone groups is 1. The van der Waals surface area contributed by atoms with Crippen molar-refractivity contribution in [3.63, 3.8) is 0 Å². The van der Waals surface area contributed by atoms with E-state index in [0.29, 0.717) is 5.30 Å². The van der Waals surface area contributed by atoms with Gasteiger partial charge in [-0.05, 0) is 45.0 Å². The first-order valence-corrected chi connectivity index (χ1v) is 10.7. The van der Waals surface area contributed by atoms with Gasteiger partial charge in [-0.3, -0.25) is 4.57 Å². The van der Waals surface area contributed by atoms with Gasteiger partial charge in [-0.15, -0.1) is 0 Å². The lowest BCUT2D eigenvalue weighted by molar-refractivity contribution is 0.414. The molecule has 6 nitrogen and oxygen atoms in total. The van der Waals surface area contributed by atoms with Crippen LogP contribution >= 0.6 is 7.37 Å². The molecule has 25 heavy (non-hydrogen) atoms. The van der Waals surface area contributed by atoms with Crippen molar-refractivity contribution in [2.75, 3.05) is 7.11 Å². The standard InChI is InChI=1S/C17H21N2O4PS/c1-13-5-9-16(10-6-13)24(20,23-4)15(3)18-19-25(21,22)17-11-7-14(2)8-12-17/h5-12,19H,1-4H3/b18-15-. The SMILES string of the molecule is COP(=O)(/C(C)=N\NS(=O)(=O)c1ccc(C)cc1)c1ccc(C)cc1. The number of hydrogen-bond acceptors (Lipinski definition) is 5. The summed E-state index contributed by atoms with van der Waals surface area (Å²) in [7, 11) is -5.96. The Kier molecular flexibility index (Phi) is 5.83. The van der Waals surface area contributed by atoms with Gasteiger partial charge in [0.05, 0.1) is 4.90 Å². The normalized spacial score (nSPS) is 14.8. The van der Waals surface area contributed by atoms with Crippen LogP contribution in [0.1, 0.15) is 18.1 Å². The van der Waals surface area contributed by atoms with E-state index in [1.165, 1.54) is 26.2 Å². The molecular weight excluding hydrogens is 359 g/mol. The fourth-order valence-corrected chi connectivity index (χ4v) is 4.62. The first-order valence-electron chi connectivity index (χ1n) is 7.55. The number of hydrogen-bond donors (Lipinski definition) is 1. The van der Waals surface area contributed by atoms with Crippen LogP contribution in [0.25, 0.3) is 0 Å². The molecular formula is C17H21N2O4PS. The second kappa shape index (κ2) is 7.52. The molecule has 0 fully saturated rings. The highest BCUT2D eigenvalue weighted by Gasteiger charge is 2.29. The first-order chi connectivity index (χ1) is 11.7. The van der Waals surface area contributed by atoms with E-state index in [9.17, 15) is 13.0 Å². The number of rotatable bonds is 6. The molecule has 2 rings (SSSR count). The zero-order chi connectivity index (χ0) is 18.7. The van der Waals surface area contributed by atoms with E-state index < -0.39 is 17.4 Å². The molecule has 0 bridgehead atoms. The summed E-state index contributed by atoms with van der Waals surface area (Å²) in [4.78, 5) is 2.20. The van der Waals surface area contributed by atoms with Gasteiger partial charge in [0.15, 0.2) is 0 Å². The fraction of sp³-hybridized carbons (Fsp3) is 0.235. The Morgan fingerprint density at radius 1 is 1.00 bits per heavy atom. The minimum Gasteiger partial charge on any atom is -0.325 e. The molecule has 0 saturated heterocycles. The average Bonchev–Trinajstić information content (AvgIpc) is 2.60. The van der Waals surface area contributed by atoms with Crippen molar-refractivity contribution in [1.29, 1.82) is 0 Å². The van der Waals surface area contributed by atoms with Crippen molar-refractivity contribution in [2.45, 2.75) is 25.7 Å². The topological polar surface area (TPSA) is 84.8 Å². The van der Waals surface area contributed by atoms with Crippen LogP contribution in [0, 0.1) is 13.8 Å². The van der Waals surface area contributed by atoms with Crippen LogP contribution in [-0.4, -0.2) is 21.0 Å². The van der Waals surface area contributed by atoms with Gasteiger partial charge in [-0.1, -0.05) is 35.4 Å². The Balaban J connectivity index is 2.31. The molecule has 0 aliphatic heterocycles. The second-order valence-electron chi connectivity index (χ2n) is 5.64. The third kappa shape index (κ3) is 4.37. The number of sulfonamides is 1. The Labute approximate surface area is 148 Å². The lowest BCUT2D eigenvalue weighted by Crippen LogP contribution is -2.21. The third-order valence-corrected chi connectivity index (χ3v) is 7.38. The molecule has 2 aromatic rings. The first kappa shape index (κ1) is 19.4. The van der Waals surface area contributed by atoms with Gasteiger partial charge in [0.2, 0.25) is 0 Å². The van der Waals surface area contributed by atoms with Crippen LogP contribution in [0.3, 0.4) is 0 Å². The van der Waals surface area contributed by atoms with Crippen LogP contribution < -0.4 is 10.1 Å². The van der Waals surface area contributed by atoms with E-state index >= 15 is 0 Å². The minimum atomic E-state index is -3.84. The Morgan fingerprint density at radius 2 is 1.48 bits per heavy atom. The Hall–Kier alpha value is -1.95. The zero-order valence-corrected chi connectivity index (χ0v) is 16.3. The summed E-state index contributed by atoms with van der Waals surface area (Å²) in [5.41, 5.74) is 2.03. The molecule has 0 saturated carbocycles. The maximum absolute atomic E-state index is 13.1. The monoisotopic (exact) mass is 380 g/mol. The molecule has 134 valence electrons. The predicted octanol–water partition coefficient (Wildman–Crippen LogP) is 3.17. The summed E-state index contributed by atoms with van der Waals surface area (Å²) in [6.45, 7) is 5.25. The van der Waals surface area contributed by atoms with E-state index in [2.05, 4.69) is 9.93 Å². The third-order valence-electron chi connectivity index (χ3n) is 3.72. The van der Waals surface area contributed by atoms with Gasteiger partial charge in [0, 0.05) is 12.4 Å². The van der Waals surface area contributed by atoms with Crippen molar-refractivity contribution in [3.8, 4) is 0 Å². The van der Waals surface area contributed by atoms with E-state index in [-0.39, 0.29) is 10.3 Å². The molecule has 1 unspecified atom stereocenters. The summed E-state index contributed by atoms with van der Waals surface area (Å²) >= 11 is 0. The molecule has 8 heteroatoms. The van der Waals surface area contributed by atoms with Crippen LogP contribution in [-0.2, 0) is 19.1 Å². The van der Waals surface area contributed by atoms with Gasteiger partial charge < -0.3 is 4.52 Å². The smallest absolute Gasteiger partial charge is 0.276 e. The second-order valence-corrected chi connectivity index (χ2v) is 9.93. The van der Waals surface area contributed by atoms with Gasteiger partial charge in [-0.2, -0.15) is 18.4 Å². The highest BCUT2D eigenvalue weighted by Crippen LogP contribution is 2.46. The summed E-state index contributed by atoms with van der Waals surface area (Å²) in [6, 6.07) is 13.3. The summed E-state index contributed by atoms with van der Waals surface area (Å²) in [5.74, 6) is 0.